The number of carboxylic acid groups (broad SMARTS) is 1. The summed E-state index contributed by atoms with van der Waals surface area (Å²) in [5, 5.41) is 37.5. The van der Waals surface area contributed by atoms with Gasteiger partial charge in [-0.3, -0.25) is 0 Å². The van der Waals surface area contributed by atoms with E-state index < -0.39 is 24.8 Å². The summed E-state index contributed by atoms with van der Waals surface area (Å²) in [5.41, 5.74) is 0.390. The van der Waals surface area contributed by atoms with Gasteiger partial charge in [0.05, 0.1) is 26.4 Å². The SMILES string of the molecule is COc1cc(C(=O)O)ccc1Oc1ccc([C@H](O)[C@@H](O)CO)cc1OC. The minimum absolute atomic E-state index is 0.0534. The molecular weight excluding hydrogens is 344 g/mol. The van der Waals surface area contributed by atoms with E-state index in [1.807, 2.05) is 0 Å². The van der Waals surface area contributed by atoms with Crippen molar-refractivity contribution in [2.75, 3.05) is 20.8 Å². The van der Waals surface area contributed by atoms with Gasteiger partial charge in [0.25, 0.3) is 0 Å². The topological polar surface area (TPSA) is 126 Å². The van der Waals surface area contributed by atoms with Gasteiger partial charge in [0.1, 0.15) is 12.2 Å². The van der Waals surface area contributed by atoms with Gasteiger partial charge in [-0.1, -0.05) is 6.07 Å². The molecule has 8 heteroatoms. The van der Waals surface area contributed by atoms with Gasteiger partial charge in [0.2, 0.25) is 0 Å². The molecule has 0 fully saturated rings. The third-order valence-electron chi connectivity index (χ3n) is 3.71. The second-order valence-corrected chi connectivity index (χ2v) is 5.38. The van der Waals surface area contributed by atoms with Crippen LogP contribution in [0.2, 0.25) is 0 Å². The van der Waals surface area contributed by atoms with E-state index in [1.54, 1.807) is 0 Å². The van der Waals surface area contributed by atoms with E-state index >= 15 is 0 Å². The summed E-state index contributed by atoms with van der Waals surface area (Å²) in [6.45, 7) is -0.588. The molecule has 0 unspecified atom stereocenters. The molecule has 2 rings (SSSR count). The van der Waals surface area contributed by atoms with Crippen LogP contribution < -0.4 is 14.2 Å². The highest BCUT2D eigenvalue weighted by Gasteiger charge is 2.20. The fraction of sp³-hybridized carbons (Fsp3) is 0.278. The number of carboxylic acids is 1. The minimum atomic E-state index is -1.32. The smallest absolute Gasteiger partial charge is 0.335 e. The van der Waals surface area contributed by atoms with Gasteiger partial charge in [-0.25, -0.2) is 4.79 Å². The fourth-order valence-corrected chi connectivity index (χ4v) is 2.28. The standard InChI is InChI=1S/C18H20O8/c1-24-15-7-10(17(21)12(20)9-19)3-5-13(15)26-14-6-4-11(18(22)23)8-16(14)25-2/h3-8,12,17,19-21H,9H2,1-2H3,(H,22,23)/t12-,17-/m0/s1. The van der Waals surface area contributed by atoms with E-state index in [0.717, 1.165) is 0 Å². The summed E-state index contributed by atoms with van der Waals surface area (Å²) in [5.74, 6) is -0.0150. The Kier molecular flexibility index (Phi) is 6.40. The van der Waals surface area contributed by atoms with Gasteiger partial charge < -0.3 is 34.6 Å². The zero-order valence-corrected chi connectivity index (χ0v) is 14.2. The van der Waals surface area contributed by atoms with E-state index in [-0.39, 0.29) is 22.8 Å². The Balaban J connectivity index is 2.33. The zero-order valence-electron chi connectivity index (χ0n) is 14.2. The van der Waals surface area contributed by atoms with Crippen molar-refractivity contribution in [2.45, 2.75) is 12.2 Å². The van der Waals surface area contributed by atoms with Crippen LogP contribution in [0.15, 0.2) is 36.4 Å². The lowest BCUT2D eigenvalue weighted by molar-refractivity contribution is -0.0153. The number of aliphatic hydroxyl groups is 3. The van der Waals surface area contributed by atoms with Crippen LogP contribution >= 0.6 is 0 Å². The van der Waals surface area contributed by atoms with E-state index in [2.05, 4.69) is 0 Å². The van der Waals surface area contributed by atoms with Crippen molar-refractivity contribution in [3.63, 3.8) is 0 Å². The number of benzene rings is 2. The molecule has 0 heterocycles. The van der Waals surface area contributed by atoms with Gasteiger partial charge in [-0.15, -0.1) is 0 Å². The molecule has 0 amide bonds. The first-order valence-electron chi connectivity index (χ1n) is 7.65. The minimum Gasteiger partial charge on any atom is -0.493 e. The highest BCUT2D eigenvalue weighted by Crippen LogP contribution is 2.38. The molecule has 0 saturated carbocycles. The summed E-state index contributed by atoms with van der Waals surface area (Å²) in [4.78, 5) is 11.0. The van der Waals surface area contributed by atoms with Gasteiger partial charge in [0.15, 0.2) is 23.0 Å². The molecule has 0 aliphatic heterocycles. The predicted octanol–water partition coefficient (Wildman–Crippen LogP) is 1.58. The van der Waals surface area contributed by atoms with E-state index in [1.165, 1.54) is 50.6 Å². The second-order valence-electron chi connectivity index (χ2n) is 5.38. The maximum Gasteiger partial charge on any atom is 0.335 e. The van der Waals surface area contributed by atoms with Crippen LogP contribution in [0.4, 0.5) is 0 Å². The third-order valence-corrected chi connectivity index (χ3v) is 3.71. The number of aromatic carboxylic acids is 1. The third kappa shape index (κ3) is 4.23. The molecule has 0 aliphatic carbocycles. The lowest BCUT2D eigenvalue weighted by Gasteiger charge is -2.18. The maximum atomic E-state index is 11.0. The van der Waals surface area contributed by atoms with Crippen molar-refractivity contribution < 1.29 is 39.4 Å². The average Bonchev–Trinajstić information content (AvgIpc) is 2.67. The molecule has 140 valence electrons. The van der Waals surface area contributed by atoms with Crippen molar-refractivity contribution in [1.29, 1.82) is 0 Å². The molecule has 0 bridgehead atoms. The predicted molar refractivity (Wildman–Crippen MR) is 91.1 cm³/mol. The molecule has 8 nitrogen and oxygen atoms in total. The van der Waals surface area contributed by atoms with Gasteiger partial charge in [-0.2, -0.15) is 0 Å². The zero-order chi connectivity index (χ0) is 19.3. The first-order valence-corrected chi connectivity index (χ1v) is 7.65. The highest BCUT2D eigenvalue weighted by atomic mass is 16.5. The maximum absolute atomic E-state index is 11.0. The number of aliphatic hydroxyl groups excluding tert-OH is 3. The van der Waals surface area contributed by atoms with Crippen LogP contribution in [-0.2, 0) is 0 Å². The Labute approximate surface area is 149 Å². The largest absolute Gasteiger partial charge is 0.493 e. The van der Waals surface area contributed by atoms with Crippen LogP contribution in [0.25, 0.3) is 0 Å². The van der Waals surface area contributed by atoms with Crippen LogP contribution in [-0.4, -0.2) is 53.3 Å². The molecule has 0 aliphatic rings. The van der Waals surface area contributed by atoms with Crippen molar-refractivity contribution >= 4 is 5.97 Å². The number of hydrogen-bond acceptors (Lipinski definition) is 7. The summed E-state index contributed by atoms with van der Waals surface area (Å²) in [6.07, 6.45) is -2.61. The van der Waals surface area contributed by atoms with Crippen LogP contribution in [0.3, 0.4) is 0 Å². The van der Waals surface area contributed by atoms with Gasteiger partial charge in [0, 0.05) is 0 Å². The van der Waals surface area contributed by atoms with Crippen molar-refractivity contribution in [3.05, 3.63) is 47.5 Å². The molecule has 4 N–H and O–H groups in total. The van der Waals surface area contributed by atoms with Crippen molar-refractivity contribution in [2.24, 2.45) is 0 Å². The highest BCUT2D eigenvalue weighted by molar-refractivity contribution is 5.88. The first-order chi connectivity index (χ1) is 12.4. The normalized spacial score (nSPS) is 13.0. The van der Waals surface area contributed by atoms with Crippen LogP contribution in [0.5, 0.6) is 23.0 Å². The summed E-state index contributed by atoms with van der Waals surface area (Å²) >= 11 is 0. The quantitative estimate of drug-likeness (QED) is 0.556. The Hall–Kier alpha value is -2.81. The molecule has 26 heavy (non-hydrogen) atoms. The fourth-order valence-electron chi connectivity index (χ4n) is 2.28. The summed E-state index contributed by atoms with van der Waals surface area (Å²) in [6, 6.07) is 8.67. The first kappa shape index (κ1) is 19.5. The van der Waals surface area contributed by atoms with E-state index in [0.29, 0.717) is 11.3 Å². The van der Waals surface area contributed by atoms with E-state index in [4.69, 9.17) is 24.4 Å². The Bertz CT molecular complexity index is 774. The van der Waals surface area contributed by atoms with Gasteiger partial charge in [-0.05, 0) is 35.9 Å². The van der Waals surface area contributed by atoms with E-state index in [9.17, 15) is 15.0 Å². The number of methoxy groups -OCH3 is 2. The lowest BCUT2D eigenvalue weighted by atomic mass is 10.0. The molecular formula is C18H20O8. The Morgan fingerprint density at radius 3 is 2.08 bits per heavy atom. The molecule has 0 radical (unpaired) electrons. The number of rotatable bonds is 8. The number of ether oxygens (including phenoxy) is 3. The lowest BCUT2D eigenvalue weighted by Crippen LogP contribution is -2.22. The molecule has 0 saturated heterocycles. The molecule has 0 spiro atoms. The molecule has 2 aromatic rings. The van der Waals surface area contributed by atoms with Crippen LogP contribution in [0.1, 0.15) is 22.0 Å². The Morgan fingerprint density at radius 2 is 1.54 bits per heavy atom. The molecule has 2 atom stereocenters. The Morgan fingerprint density at radius 1 is 0.962 bits per heavy atom. The van der Waals surface area contributed by atoms with Crippen molar-refractivity contribution in [1.82, 2.24) is 0 Å². The van der Waals surface area contributed by atoms with Crippen molar-refractivity contribution in [3.8, 4) is 23.0 Å². The number of carbonyl (C=O) groups is 1. The summed E-state index contributed by atoms with van der Waals surface area (Å²) < 4.78 is 16.1. The molecule has 0 aromatic heterocycles. The monoisotopic (exact) mass is 364 g/mol. The number of hydrogen-bond donors (Lipinski definition) is 4. The van der Waals surface area contributed by atoms with Gasteiger partial charge >= 0.3 is 5.97 Å². The molecule has 2 aromatic carbocycles. The van der Waals surface area contributed by atoms with Crippen LogP contribution in [0, 0.1) is 0 Å². The average molecular weight is 364 g/mol. The second kappa shape index (κ2) is 8.52. The summed E-state index contributed by atoms with van der Waals surface area (Å²) in [7, 11) is 2.80.